The number of benzene rings is 2. The quantitative estimate of drug-likeness (QED) is 0.604. The molecule has 0 atom stereocenters. The van der Waals surface area contributed by atoms with Crippen LogP contribution in [0.1, 0.15) is 12.0 Å². The van der Waals surface area contributed by atoms with Gasteiger partial charge in [0.15, 0.2) is 0 Å². The molecule has 0 aromatic heterocycles. The van der Waals surface area contributed by atoms with E-state index in [1.54, 1.807) is 0 Å². The lowest BCUT2D eigenvalue weighted by atomic mass is 10.1. The molecule has 2 aromatic rings. The molecule has 2 aliphatic rings. The number of hydrogen-bond donors (Lipinski definition) is 0. The Morgan fingerprint density at radius 2 is 1.47 bits per heavy atom. The molecular formula is C19H18. The number of rotatable bonds is 1. The Bertz CT molecular complexity index is 613. The van der Waals surface area contributed by atoms with Crippen LogP contribution in [0.15, 0.2) is 73.3 Å². The van der Waals surface area contributed by atoms with Gasteiger partial charge in [0.25, 0.3) is 0 Å². The minimum Gasteiger partial charge on any atom is -0.0984 e. The molecule has 2 aromatic carbocycles. The molecule has 19 heavy (non-hydrogen) atoms. The minimum atomic E-state index is 0.810. The zero-order valence-electron chi connectivity index (χ0n) is 11.0. The normalized spacial score (nSPS) is 22.3. The summed E-state index contributed by atoms with van der Waals surface area (Å²) in [4.78, 5) is 0. The maximum Gasteiger partial charge on any atom is -0.00445 e. The molecule has 0 aliphatic heterocycles. The highest BCUT2D eigenvalue weighted by atomic mass is 14.2. The van der Waals surface area contributed by atoms with Gasteiger partial charge in [0, 0.05) is 0 Å². The van der Waals surface area contributed by atoms with E-state index in [1.165, 1.54) is 22.8 Å². The van der Waals surface area contributed by atoms with E-state index >= 15 is 0 Å². The van der Waals surface area contributed by atoms with E-state index in [-0.39, 0.29) is 0 Å². The summed E-state index contributed by atoms with van der Waals surface area (Å²) in [5.41, 5.74) is 1.20. The highest BCUT2D eigenvalue weighted by Gasteiger charge is 2.19. The fraction of sp³-hybridized carbons (Fsp3) is 0.158. The van der Waals surface area contributed by atoms with Crippen molar-refractivity contribution >= 4 is 16.8 Å². The molecule has 0 nitrogen and oxygen atoms in total. The first-order chi connectivity index (χ1) is 9.36. The standard InChI is InChI=1S/C12H10.C7H8/c1-2-10-7-5-8-11-6-3-4-9-12(10)11;1-2-7-4-3-6(1)5-7/h2-9H,1H2;1-4,6-7H,5H2. The van der Waals surface area contributed by atoms with E-state index in [0.717, 1.165) is 11.8 Å². The molecule has 0 unspecified atom stereocenters. The van der Waals surface area contributed by atoms with Crippen molar-refractivity contribution in [3.8, 4) is 0 Å². The van der Waals surface area contributed by atoms with Crippen LogP contribution >= 0.6 is 0 Å². The van der Waals surface area contributed by atoms with E-state index in [4.69, 9.17) is 0 Å². The van der Waals surface area contributed by atoms with Crippen molar-refractivity contribution in [2.75, 3.05) is 0 Å². The maximum absolute atomic E-state index is 3.78. The van der Waals surface area contributed by atoms with Crippen LogP contribution in [-0.4, -0.2) is 0 Å². The molecule has 0 radical (unpaired) electrons. The Morgan fingerprint density at radius 1 is 0.842 bits per heavy atom. The monoisotopic (exact) mass is 246 g/mol. The molecule has 0 spiro atoms. The maximum atomic E-state index is 3.78. The van der Waals surface area contributed by atoms with E-state index in [0.29, 0.717) is 0 Å². The van der Waals surface area contributed by atoms with Crippen LogP contribution in [0, 0.1) is 11.8 Å². The summed E-state index contributed by atoms with van der Waals surface area (Å²) in [6.07, 6.45) is 12.4. The van der Waals surface area contributed by atoms with Crippen molar-refractivity contribution in [1.29, 1.82) is 0 Å². The summed E-state index contributed by atoms with van der Waals surface area (Å²) in [5, 5.41) is 2.55. The second-order valence-corrected chi connectivity index (χ2v) is 5.11. The zero-order valence-corrected chi connectivity index (χ0v) is 11.0. The second kappa shape index (κ2) is 5.27. The van der Waals surface area contributed by atoms with Crippen LogP contribution in [0.5, 0.6) is 0 Å². The van der Waals surface area contributed by atoms with Crippen molar-refractivity contribution in [3.05, 3.63) is 78.9 Å². The summed E-state index contributed by atoms with van der Waals surface area (Å²) in [6.45, 7) is 3.78. The molecule has 0 fully saturated rings. The van der Waals surface area contributed by atoms with Crippen molar-refractivity contribution in [3.63, 3.8) is 0 Å². The first-order valence-corrected chi connectivity index (χ1v) is 6.83. The Kier molecular flexibility index (Phi) is 3.33. The van der Waals surface area contributed by atoms with Crippen LogP contribution in [0.2, 0.25) is 0 Å². The largest absolute Gasteiger partial charge is 0.0984 e. The predicted molar refractivity (Wildman–Crippen MR) is 83.9 cm³/mol. The predicted octanol–water partition coefficient (Wildman–Crippen LogP) is 5.23. The average molecular weight is 246 g/mol. The molecule has 0 saturated heterocycles. The van der Waals surface area contributed by atoms with Gasteiger partial charge in [-0.05, 0) is 34.6 Å². The topological polar surface area (TPSA) is 0 Å². The van der Waals surface area contributed by atoms with Gasteiger partial charge in [-0.3, -0.25) is 0 Å². The number of allylic oxidation sites excluding steroid dienone is 4. The van der Waals surface area contributed by atoms with Gasteiger partial charge in [0.2, 0.25) is 0 Å². The van der Waals surface area contributed by atoms with Gasteiger partial charge in [-0.2, -0.15) is 0 Å². The average Bonchev–Trinajstić information content (AvgIpc) is 3.12. The van der Waals surface area contributed by atoms with Gasteiger partial charge in [-0.25, -0.2) is 0 Å². The molecular weight excluding hydrogens is 228 g/mol. The van der Waals surface area contributed by atoms with Crippen LogP contribution in [-0.2, 0) is 0 Å². The van der Waals surface area contributed by atoms with Crippen LogP contribution in [0.4, 0.5) is 0 Å². The zero-order chi connectivity index (χ0) is 13.1. The fourth-order valence-corrected chi connectivity index (χ4v) is 2.76. The summed E-state index contributed by atoms with van der Waals surface area (Å²) in [7, 11) is 0. The van der Waals surface area contributed by atoms with Crippen molar-refractivity contribution in [2.24, 2.45) is 11.8 Å². The summed E-state index contributed by atoms with van der Waals surface area (Å²) < 4.78 is 0. The molecule has 94 valence electrons. The lowest BCUT2D eigenvalue weighted by molar-refractivity contribution is 0.732. The van der Waals surface area contributed by atoms with Crippen LogP contribution in [0.3, 0.4) is 0 Å². The van der Waals surface area contributed by atoms with Gasteiger partial charge < -0.3 is 0 Å². The third-order valence-corrected chi connectivity index (χ3v) is 3.80. The van der Waals surface area contributed by atoms with Gasteiger partial charge in [-0.1, -0.05) is 79.4 Å². The number of fused-ring (bicyclic) bond motifs is 3. The highest BCUT2D eigenvalue weighted by Crippen LogP contribution is 2.31. The number of hydrogen-bond acceptors (Lipinski definition) is 0. The van der Waals surface area contributed by atoms with E-state index in [1.807, 2.05) is 6.08 Å². The second-order valence-electron chi connectivity index (χ2n) is 5.11. The fourth-order valence-electron chi connectivity index (χ4n) is 2.76. The molecule has 2 aliphatic carbocycles. The van der Waals surface area contributed by atoms with Crippen LogP contribution in [0.25, 0.3) is 16.8 Å². The van der Waals surface area contributed by atoms with Crippen molar-refractivity contribution < 1.29 is 0 Å². The highest BCUT2D eigenvalue weighted by molar-refractivity contribution is 5.90. The molecule has 0 heteroatoms. The van der Waals surface area contributed by atoms with Gasteiger partial charge in [0.05, 0.1) is 0 Å². The third-order valence-electron chi connectivity index (χ3n) is 3.80. The van der Waals surface area contributed by atoms with Crippen LogP contribution < -0.4 is 0 Å². The van der Waals surface area contributed by atoms with E-state index in [2.05, 4.69) is 73.3 Å². The molecule has 0 amide bonds. The van der Waals surface area contributed by atoms with Gasteiger partial charge >= 0.3 is 0 Å². The first kappa shape index (κ1) is 12.0. The third kappa shape index (κ3) is 2.53. The van der Waals surface area contributed by atoms with Crippen molar-refractivity contribution in [1.82, 2.24) is 0 Å². The Labute approximate surface area is 114 Å². The Balaban J connectivity index is 0.000000132. The van der Waals surface area contributed by atoms with Gasteiger partial charge in [0.1, 0.15) is 0 Å². The SMILES string of the molecule is C1=CC2C=CC1C2.C=Cc1cccc2ccccc12. The molecule has 4 rings (SSSR count). The molecule has 0 heterocycles. The smallest absolute Gasteiger partial charge is 0.00445 e. The first-order valence-electron chi connectivity index (χ1n) is 6.83. The summed E-state index contributed by atoms with van der Waals surface area (Å²) in [5.74, 6) is 1.62. The van der Waals surface area contributed by atoms with Gasteiger partial charge in [-0.15, -0.1) is 0 Å². The van der Waals surface area contributed by atoms with E-state index in [9.17, 15) is 0 Å². The Morgan fingerprint density at radius 3 is 2.05 bits per heavy atom. The minimum absolute atomic E-state index is 0.810. The molecule has 2 bridgehead atoms. The Hall–Kier alpha value is -2.08. The van der Waals surface area contributed by atoms with Crippen molar-refractivity contribution in [2.45, 2.75) is 6.42 Å². The summed E-state index contributed by atoms with van der Waals surface area (Å²) >= 11 is 0. The lowest BCUT2D eigenvalue weighted by Crippen LogP contribution is -1.79. The molecule has 0 saturated carbocycles. The molecule has 0 N–H and O–H groups in total. The lowest BCUT2D eigenvalue weighted by Gasteiger charge is -1.99. The summed E-state index contributed by atoms with van der Waals surface area (Å²) in [6, 6.07) is 14.6. The van der Waals surface area contributed by atoms with E-state index < -0.39 is 0 Å².